The maximum atomic E-state index is 5.84. The van der Waals surface area contributed by atoms with E-state index in [1.54, 1.807) is 36.6 Å². The predicted molar refractivity (Wildman–Crippen MR) is 146 cm³/mol. The van der Waals surface area contributed by atoms with Gasteiger partial charge in [0, 0.05) is 44.1 Å². The van der Waals surface area contributed by atoms with Crippen LogP contribution in [0.3, 0.4) is 0 Å². The summed E-state index contributed by atoms with van der Waals surface area (Å²) in [5.41, 5.74) is 4.57. The van der Waals surface area contributed by atoms with Crippen molar-refractivity contribution in [3.05, 3.63) is 60.8 Å². The molecule has 0 atom stereocenters. The van der Waals surface area contributed by atoms with Crippen molar-refractivity contribution in [2.45, 2.75) is 13.1 Å². The lowest BCUT2D eigenvalue weighted by molar-refractivity contribution is 0.0322. The van der Waals surface area contributed by atoms with Crippen LogP contribution in [0.25, 0.3) is 33.9 Å². The Labute approximate surface area is 230 Å². The van der Waals surface area contributed by atoms with Crippen LogP contribution in [0.2, 0.25) is 0 Å². The van der Waals surface area contributed by atoms with Gasteiger partial charge in [-0.05, 0) is 11.6 Å². The summed E-state index contributed by atoms with van der Waals surface area (Å²) in [6, 6.07) is 8.03. The zero-order valence-electron chi connectivity index (χ0n) is 22.3. The van der Waals surface area contributed by atoms with Gasteiger partial charge < -0.3 is 14.2 Å². The van der Waals surface area contributed by atoms with Crippen molar-refractivity contribution in [3.8, 4) is 28.4 Å². The highest BCUT2D eigenvalue weighted by Gasteiger charge is 2.13. The van der Waals surface area contributed by atoms with Crippen LogP contribution in [0.4, 0.5) is 0 Å². The molecule has 1 aliphatic rings. The van der Waals surface area contributed by atoms with Crippen molar-refractivity contribution in [1.29, 1.82) is 0 Å². The highest BCUT2D eigenvalue weighted by atomic mass is 16.5. The van der Waals surface area contributed by atoms with Crippen LogP contribution < -0.4 is 4.74 Å². The first-order valence-corrected chi connectivity index (χ1v) is 13.2. The summed E-state index contributed by atoms with van der Waals surface area (Å²) >= 11 is 0. The summed E-state index contributed by atoms with van der Waals surface area (Å²) < 4.78 is 19.9. The van der Waals surface area contributed by atoms with Crippen molar-refractivity contribution in [1.82, 2.24) is 49.6 Å². The second-order valence-electron chi connectivity index (χ2n) is 9.38. The van der Waals surface area contributed by atoms with Crippen LogP contribution in [0.5, 0.6) is 5.75 Å². The molecule has 0 bridgehead atoms. The Hall–Kier alpha value is -4.33. The SMILES string of the molecule is COCCn1cc(-c2cnc3nnn(Cc4cccc(-c5ncc(OCCN6CCOCC6)cn5)c4)c3n2)cn1. The third kappa shape index (κ3) is 6.11. The fraction of sp³-hybridized carbons (Fsp3) is 0.370. The highest BCUT2D eigenvalue weighted by Crippen LogP contribution is 2.21. The van der Waals surface area contributed by atoms with Crippen LogP contribution >= 0.6 is 0 Å². The molecule has 1 saturated heterocycles. The first-order chi connectivity index (χ1) is 19.7. The van der Waals surface area contributed by atoms with Crippen LogP contribution in [0, 0.1) is 0 Å². The lowest BCUT2D eigenvalue weighted by Crippen LogP contribution is -2.38. The van der Waals surface area contributed by atoms with E-state index in [1.807, 2.05) is 35.1 Å². The van der Waals surface area contributed by atoms with Gasteiger partial charge in [0.1, 0.15) is 6.61 Å². The molecule has 0 N–H and O–H groups in total. The van der Waals surface area contributed by atoms with Crippen molar-refractivity contribution < 1.29 is 14.2 Å². The Morgan fingerprint density at radius 1 is 0.950 bits per heavy atom. The first kappa shape index (κ1) is 25.9. The Morgan fingerprint density at radius 3 is 2.67 bits per heavy atom. The predicted octanol–water partition coefficient (Wildman–Crippen LogP) is 1.95. The standard InChI is InChI=1S/C27H30N10O3/c1-38-9-8-36-19-22(14-31-36)24-17-30-26-27(32-24)37(34-33-26)18-20-3-2-4-21(13-20)25-28-15-23(16-29-25)40-12-7-35-5-10-39-11-6-35/h2-4,13-17,19H,5-12,18H2,1H3. The van der Waals surface area contributed by atoms with Gasteiger partial charge in [0.25, 0.3) is 0 Å². The van der Waals surface area contributed by atoms with Gasteiger partial charge in [0.15, 0.2) is 17.2 Å². The number of nitrogens with zero attached hydrogens (tertiary/aromatic N) is 10. The number of fused-ring (bicyclic) bond motifs is 1. The van der Waals surface area contributed by atoms with Crippen LogP contribution in [-0.2, 0) is 22.6 Å². The van der Waals surface area contributed by atoms with E-state index in [-0.39, 0.29) is 0 Å². The summed E-state index contributed by atoms with van der Waals surface area (Å²) in [7, 11) is 1.67. The third-order valence-electron chi connectivity index (χ3n) is 6.61. The molecule has 5 aromatic rings. The molecule has 4 aromatic heterocycles. The van der Waals surface area contributed by atoms with E-state index < -0.39 is 0 Å². The quantitative estimate of drug-likeness (QED) is 0.243. The number of aromatic nitrogens is 9. The van der Waals surface area contributed by atoms with Gasteiger partial charge in [-0.2, -0.15) is 5.10 Å². The molecule has 0 spiro atoms. The fourth-order valence-electron chi connectivity index (χ4n) is 4.44. The van der Waals surface area contributed by atoms with Crippen LogP contribution in [-0.4, -0.2) is 103 Å². The minimum atomic E-state index is 0.471. The highest BCUT2D eigenvalue weighted by molar-refractivity contribution is 5.69. The number of morpholine rings is 1. The summed E-state index contributed by atoms with van der Waals surface area (Å²) in [4.78, 5) is 20.6. The molecule has 0 radical (unpaired) electrons. The van der Waals surface area contributed by atoms with Crippen LogP contribution in [0.1, 0.15) is 5.56 Å². The number of ether oxygens (including phenoxy) is 3. The topological polar surface area (TPSA) is 131 Å². The van der Waals surface area contributed by atoms with E-state index in [1.165, 1.54) is 0 Å². The molecule has 13 heteroatoms. The zero-order chi connectivity index (χ0) is 27.1. The summed E-state index contributed by atoms with van der Waals surface area (Å²) in [6.45, 7) is 6.59. The number of methoxy groups -OCH3 is 1. The molecule has 13 nitrogen and oxygen atoms in total. The normalized spacial score (nSPS) is 14.1. The van der Waals surface area contributed by atoms with Crippen molar-refractivity contribution in [2.75, 3.05) is 53.2 Å². The lowest BCUT2D eigenvalue weighted by Gasteiger charge is -2.26. The number of rotatable bonds is 11. The zero-order valence-corrected chi connectivity index (χ0v) is 22.3. The van der Waals surface area contributed by atoms with Gasteiger partial charge >= 0.3 is 0 Å². The third-order valence-corrected chi connectivity index (χ3v) is 6.61. The van der Waals surface area contributed by atoms with E-state index in [4.69, 9.17) is 19.2 Å². The van der Waals surface area contributed by atoms with Crippen LogP contribution in [0.15, 0.2) is 55.2 Å². The summed E-state index contributed by atoms with van der Waals surface area (Å²) in [6.07, 6.45) is 8.81. The molecule has 206 valence electrons. The molecule has 5 heterocycles. The average molecular weight is 543 g/mol. The number of benzene rings is 1. The Bertz CT molecular complexity index is 1550. The molecule has 0 saturated carbocycles. The average Bonchev–Trinajstić information content (AvgIpc) is 3.64. The molecule has 0 unspecified atom stereocenters. The minimum absolute atomic E-state index is 0.471. The van der Waals surface area contributed by atoms with Gasteiger partial charge in [-0.1, -0.05) is 23.4 Å². The molecule has 1 fully saturated rings. The van der Waals surface area contributed by atoms with Gasteiger partial charge in [0.05, 0.1) is 63.4 Å². The van der Waals surface area contributed by atoms with E-state index in [0.29, 0.717) is 54.9 Å². The molecule has 6 rings (SSSR count). The Kier molecular flexibility index (Phi) is 7.93. The molecule has 0 amide bonds. The second-order valence-corrected chi connectivity index (χ2v) is 9.38. The molecule has 40 heavy (non-hydrogen) atoms. The van der Waals surface area contributed by atoms with E-state index in [2.05, 4.69) is 35.3 Å². The smallest absolute Gasteiger partial charge is 0.221 e. The monoisotopic (exact) mass is 542 g/mol. The number of hydrogen-bond acceptors (Lipinski definition) is 11. The largest absolute Gasteiger partial charge is 0.489 e. The maximum Gasteiger partial charge on any atom is 0.221 e. The second kappa shape index (κ2) is 12.2. The maximum absolute atomic E-state index is 5.84. The Morgan fingerprint density at radius 2 is 1.82 bits per heavy atom. The molecule has 1 aromatic carbocycles. The Balaban J connectivity index is 1.13. The van der Waals surface area contributed by atoms with Gasteiger partial charge in [-0.3, -0.25) is 9.58 Å². The summed E-state index contributed by atoms with van der Waals surface area (Å²) in [5.74, 6) is 1.28. The van der Waals surface area contributed by atoms with E-state index >= 15 is 0 Å². The lowest BCUT2D eigenvalue weighted by atomic mass is 10.1. The molecular weight excluding hydrogens is 512 g/mol. The first-order valence-electron chi connectivity index (χ1n) is 13.2. The van der Waals surface area contributed by atoms with Crippen molar-refractivity contribution in [2.24, 2.45) is 0 Å². The molecule has 1 aliphatic heterocycles. The molecule has 0 aliphatic carbocycles. The van der Waals surface area contributed by atoms with Crippen molar-refractivity contribution >= 4 is 11.3 Å². The fourth-order valence-corrected chi connectivity index (χ4v) is 4.44. The van der Waals surface area contributed by atoms with Gasteiger partial charge in [-0.15, -0.1) is 5.10 Å². The van der Waals surface area contributed by atoms with E-state index in [0.717, 1.165) is 49.5 Å². The van der Waals surface area contributed by atoms with Crippen molar-refractivity contribution in [3.63, 3.8) is 0 Å². The molecular formula is C27H30N10O3. The van der Waals surface area contributed by atoms with Gasteiger partial charge in [-0.25, -0.2) is 24.6 Å². The number of hydrogen-bond donors (Lipinski definition) is 0. The minimum Gasteiger partial charge on any atom is -0.489 e. The summed E-state index contributed by atoms with van der Waals surface area (Å²) in [5, 5.41) is 12.9. The van der Waals surface area contributed by atoms with E-state index in [9.17, 15) is 0 Å². The van der Waals surface area contributed by atoms with Gasteiger partial charge in [0.2, 0.25) is 5.65 Å².